The number of nitrogens with zero attached hydrogens (tertiary/aromatic N) is 2. The minimum Gasteiger partial charge on any atom is -0.352 e. The Hall–Kier alpha value is -2.44. The number of amides is 2. The van der Waals surface area contributed by atoms with E-state index in [4.69, 9.17) is 0 Å². The minimum absolute atomic E-state index is 0.0851. The van der Waals surface area contributed by atoms with Crippen molar-refractivity contribution in [2.75, 3.05) is 10.8 Å². The first kappa shape index (κ1) is 29.5. The van der Waals surface area contributed by atoms with Crippen molar-refractivity contribution in [1.82, 2.24) is 10.2 Å². The van der Waals surface area contributed by atoms with E-state index < -0.39 is 28.5 Å². The zero-order chi connectivity index (χ0) is 28.0. The Morgan fingerprint density at radius 1 is 1.00 bits per heavy atom. The number of halogens is 2. The highest BCUT2D eigenvalue weighted by Gasteiger charge is 2.33. The lowest BCUT2D eigenvalue weighted by Gasteiger charge is -2.32. The average molecular weight is 724 g/mol. The lowest BCUT2D eigenvalue weighted by molar-refractivity contribution is -0.139. The molecule has 206 valence electrons. The maximum absolute atomic E-state index is 14.0. The van der Waals surface area contributed by atoms with Gasteiger partial charge in [-0.25, -0.2) is 8.42 Å². The molecule has 7 nitrogen and oxygen atoms in total. The van der Waals surface area contributed by atoms with Crippen molar-refractivity contribution >= 4 is 66.0 Å². The second kappa shape index (κ2) is 13.3. The van der Waals surface area contributed by atoms with Gasteiger partial charge < -0.3 is 10.2 Å². The van der Waals surface area contributed by atoms with Crippen LogP contribution in [0.25, 0.3) is 0 Å². The number of hydrogen-bond acceptors (Lipinski definition) is 4. The summed E-state index contributed by atoms with van der Waals surface area (Å²) in [7, 11) is -4.06. The highest BCUT2D eigenvalue weighted by molar-refractivity contribution is 14.1. The minimum atomic E-state index is -4.06. The zero-order valence-corrected chi connectivity index (χ0v) is 26.2. The van der Waals surface area contributed by atoms with Gasteiger partial charge in [-0.2, -0.15) is 0 Å². The van der Waals surface area contributed by atoms with Gasteiger partial charge in [0.15, 0.2) is 0 Å². The topological polar surface area (TPSA) is 86.8 Å². The van der Waals surface area contributed by atoms with Crippen molar-refractivity contribution in [3.63, 3.8) is 0 Å². The maximum atomic E-state index is 14.0. The fourth-order valence-corrected chi connectivity index (χ4v) is 6.90. The van der Waals surface area contributed by atoms with E-state index in [-0.39, 0.29) is 23.4 Å². The molecule has 39 heavy (non-hydrogen) atoms. The molecule has 1 atom stereocenters. The van der Waals surface area contributed by atoms with Crippen LogP contribution in [0.2, 0.25) is 0 Å². The van der Waals surface area contributed by atoms with E-state index >= 15 is 0 Å². The molecule has 4 rings (SSSR count). The number of carbonyl (C=O) groups excluding carboxylic acids is 2. The van der Waals surface area contributed by atoms with Crippen LogP contribution in [0, 0.1) is 3.57 Å². The standard InChI is InChI=1S/C29H31BrIN3O4S/c1-21(29(36)32-25-10-5-6-11-25)33(19-22-8-7-9-23(30)18-22)28(35)20-34(26-16-14-24(31)15-17-26)39(37,38)27-12-3-2-4-13-27/h2-4,7-9,12-18,21,25H,5-6,10-11,19-20H2,1H3,(H,32,36)/t21-/m1/s1. The Balaban J connectivity index is 1.67. The molecule has 3 aromatic carbocycles. The first-order valence-electron chi connectivity index (χ1n) is 12.8. The van der Waals surface area contributed by atoms with Crippen LogP contribution < -0.4 is 9.62 Å². The molecule has 1 fully saturated rings. The summed E-state index contributed by atoms with van der Waals surface area (Å²) >= 11 is 5.62. The van der Waals surface area contributed by atoms with Gasteiger partial charge in [0.05, 0.1) is 10.6 Å². The monoisotopic (exact) mass is 723 g/mol. The number of rotatable bonds is 10. The molecular formula is C29H31BrIN3O4S. The number of nitrogens with one attached hydrogen (secondary N) is 1. The van der Waals surface area contributed by atoms with Crippen molar-refractivity contribution in [2.45, 2.75) is 56.1 Å². The van der Waals surface area contributed by atoms with Gasteiger partial charge in [0.2, 0.25) is 11.8 Å². The number of sulfonamides is 1. The SMILES string of the molecule is C[C@H](C(=O)NC1CCCC1)N(Cc1cccc(Br)c1)C(=O)CN(c1ccc(I)cc1)S(=O)(=O)c1ccccc1. The Kier molecular flexibility index (Phi) is 10.1. The van der Waals surface area contributed by atoms with Gasteiger partial charge in [0, 0.05) is 20.6 Å². The van der Waals surface area contributed by atoms with Crippen LogP contribution in [0.3, 0.4) is 0 Å². The number of carbonyl (C=O) groups is 2. The Morgan fingerprint density at radius 3 is 2.31 bits per heavy atom. The molecule has 0 radical (unpaired) electrons. The molecule has 1 aliphatic rings. The number of hydrogen-bond donors (Lipinski definition) is 1. The van der Waals surface area contributed by atoms with Crippen molar-refractivity contribution in [3.05, 3.63) is 92.5 Å². The second-order valence-corrected chi connectivity index (χ2v) is 13.6. The first-order chi connectivity index (χ1) is 18.6. The second-order valence-electron chi connectivity index (χ2n) is 9.62. The van der Waals surface area contributed by atoms with Gasteiger partial charge in [-0.3, -0.25) is 13.9 Å². The van der Waals surface area contributed by atoms with Crippen molar-refractivity contribution in [1.29, 1.82) is 0 Å². The molecule has 3 aromatic rings. The molecule has 1 N–H and O–H groups in total. The average Bonchev–Trinajstić information content (AvgIpc) is 3.44. The highest BCUT2D eigenvalue weighted by Crippen LogP contribution is 2.26. The van der Waals surface area contributed by atoms with Gasteiger partial charge in [0.1, 0.15) is 12.6 Å². The maximum Gasteiger partial charge on any atom is 0.264 e. The number of benzene rings is 3. The van der Waals surface area contributed by atoms with Crippen molar-refractivity contribution < 1.29 is 18.0 Å². The lowest BCUT2D eigenvalue weighted by Crippen LogP contribution is -2.52. The van der Waals surface area contributed by atoms with Gasteiger partial charge in [-0.05, 0) is 96.5 Å². The molecule has 10 heteroatoms. The predicted octanol–water partition coefficient (Wildman–Crippen LogP) is 5.73. The first-order valence-corrected chi connectivity index (χ1v) is 16.1. The molecule has 0 heterocycles. The van der Waals surface area contributed by atoms with E-state index in [1.807, 2.05) is 24.3 Å². The molecule has 1 saturated carbocycles. The molecule has 0 aliphatic heterocycles. The summed E-state index contributed by atoms with van der Waals surface area (Å²) < 4.78 is 30.5. The normalized spacial score (nSPS) is 14.5. The summed E-state index contributed by atoms with van der Waals surface area (Å²) in [4.78, 5) is 28.8. The van der Waals surface area contributed by atoms with Crippen molar-refractivity contribution in [3.8, 4) is 0 Å². The molecule has 2 amide bonds. The zero-order valence-electron chi connectivity index (χ0n) is 21.6. The highest BCUT2D eigenvalue weighted by atomic mass is 127. The lowest BCUT2D eigenvalue weighted by atomic mass is 10.1. The summed E-state index contributed by atoms with van der Waals surface area (Å²) in [6, 6.07) is 21.8. The van der Waals surface area contributed by atoms with Gasteiger partial charge in [-0.15, -0.1) is 0 Å². The van der Waals surface area contributed by atoms with Crippen LogP contribution in [0.15, 0.2) is 88.2 Å². The van der Waals surface area contributed by atoms with Gasteiger partial charge >= 0.3 is 0 Å². The third-order valence-corrected chi connectivity index (χ3v) is 9.84. The molecule has 0 spiro atoms. The quantitative estimate of drug-likeness (QED) is 0.271. The summed E-state index contributed by atoms with van der Waals surface area (Å²) in [5.41, 5.74) is 1.20. The van der Waals surface area contributed by atoms with Crippen molar-refractivity contribution in [2.24, 2.45) is 0 Å². The smallest absolute Gasteiger partial charge is 0.264 e. The molecule has 0 aromatic heterocycles. The summed E-state index contributed by atoms with van der Waals surface area (Å²) in [6.07, 6.45) is 3.99. The van der Waals surface area contributed by atoms with E-state index in [2.05, 4.69) is 43.8 Å². The molecule has 1 aliphatic carbocycles. The van der Waals surface area contributed by atoms with E-state index in [0.717, 1.165) is 43.6 Å². The molecule has 0 unspecified atom stereocenters. The fraction of sp³-hybridized carbons (Fsp3) is 0.310. The summed E-state index contributed by atoms with van der Waals surface area (Å²) in [6.45, 7) is 1.40. The third-order valence-electron chi connectivity index (χ3n) is 6.84. The van der Waals surface area contributed by atoms with Crippen LogP contribution in [-0.4, -0.2) is 43.8 Å². The molecule has 0 saturated heterocycles. The Morgan fingerprint density at radius 2 is 1.67 bits per heavy atom. The molecular weight excluding hydrogens is 693 g/mol. The fourth-order valence-electron chi connectivity index (χ4n) is 4.66. The van der Waals surface area contributed by atoms with E-state index in [9.17, 15) is 18.0 Å². The van der Waals surface area contributed by atoms with Crippen LogP contribution >= 0.6 is 38.5 Å². The van der Waals surface area contributed by atoms with Crippen LogP contribution in [0.5, 0.6) is 0 Å². The summed E-state index contributed by atoms with van der Waals surface area (Å²) in [5.74, 6) is -0.709. The predicted molar refractivity (Wildman–Crippen MR) is 165 cm³/mol. The van der Waals surface area contributed by atoms with E-state index in [0.29, 0.717) is 5.69 Å². The van der Waals surface area contributed by atoms with Gasteiger partial charge in [0.25, 0.3) is 10.0 Å². The third kappa shape index (κ3) is 7.61. The Bertz CT molecular complexity index is 1400. The van der Waals surface area contributed by atoms with Crippen LogP contribution in [-0.2, 0) is 26.2 Å². The Labute approximate surface area is 252 Å². The largest absolute Gasteiger partial charge is 0.352 e. The molecule has 0 bridgehead atoms. The van der Waals surface area contributed by atoms with E-state index in [1.165, 1.54) is 17.0 Å². The van der Waals surface area contributed by atoms with Crippen LogP contribution in [0.4, 0.5) is 5.69 Å². The van der Waals surface area contributed by atoms with Crippen LogP contribution in [0.1, 0.15) is 38.2 Å². The summed E-state index contributed by atoms with van der Waals surface area (Å²) in [5, 5.41) is 3.08. The number of anilines is 1. The van der Waals surface area contributed by atoms with E-state index in [1.54, 1.807) is 49.4 Å². The van der Waals surface area contributed by atoms with Gasteiger partial charge in [-0.1, -0.05) is 59.1 Å².